The van der Waals surface area contributed by atoms with Crippen LogP contribution >= 0.6 is 0 Å². The van der Waals surface area contributed by atoms with E-state index >= 15 is 0 Å². The number of anilines is 2. The fraction of sp³-hybridized carbons (Fsp3) is 0.400. The van der Waals surface area contributed by atoms with Crippen molar-refractivity contribution in [1.29, 1.82) is 0 Å². The zero-order chi connectivity index (χ0) is 24.3. The van der Waals surface area contributed by atoms with E-state index in [1.54, 1.807) is 23.1 Å². The number of primary amides is 1. The zero-order valence-corrected chi connectivity index (χ0v) is 19.1. The van der Waals surface area contributed by atoms with Crippen molar-refractivity contribution >= 4 is 29.4 Å². The third-order valence-corrected chi connectivity index (χ3v) is 6.64. The van der Waals surface area contributed by atoms with Crippen molar-refractivity contribution in [2.45, 2.75) is 51.2 Å². The predicted molar refractivity (Wildman–Crippen MR) is 126 cm³/mol. The number of halogens is 1. The molecule has 0 saturated heterocycles. The van der Waals surface area contributed by atoms with Gasteiger partial charge in [-0.3, -0.25) is 4.79 Å². The normalized spacial score (nSPS) is 21.8. The Balaban J connectivity index is 1.32. The molecule has 1 aliphatic carbocycles. The highest BCUT2D eigenvalue weighted by Crippen LogP contribution is 2.35. The van der Waals surface area contributed by atoms with Gasteiger partial charge in [0.15, 0.2) is 0 Å². The fourth-order valence-electron chi connectivity index (χ4n) is 4.52. The van der Waals surface area contributed by atoms with Crippen molar-refractivity contribution < 1.29 is 23.5 Å². The highest BCUT2D eigenvalue weighted by molar-refractivity contribution is 5.99. The number of amides is 4. The molecule has 1 heterocycles. The smallest absolute Gasteiger partial charge is 0.410 e. The quantitative estimate of drug-likeness (QED) is 0.617. The third kappa shape index (κ3) is 5.47. The first-order chi connectivity index (χ1) is 16.2. The van der Waals surface area contributed by atoms with Crippen LogP contribution in [0.15, 0.2) is 42.5 Å². The Morgan fingerprint density at radius 2 is 1.82 bits per heavy atom. The van der Waals surface area contributed by atoms with Gasteiger partial charge < -0.3 is 26.0 Å². The second-order valence-electron chi connectivity index (χ2n) is 9.21. The summed E-state index contributed by atoms with van der Waals surface area (Å²) in [5.41, 5.74) is 7.50. The van der Waals surface area contributed by atoms with Gasteiger partial charge in [-0.15, -0.1) is 0 Å². The minimum atomic E-state index is -0.595. The Labute approximate surface area is 197 Å². The molecule has 0 unspecified atom stereocenters. The molecule has 4 N–H and O–H groups in total. The molecule has 0 bridgehead atoms. The Morgan fingerprint density at radius 1 is 1.09 bits per heavy atom. The molecule has 1 saturated carbocycles. The summed E-state index contributed by atoms with van der Waals surface area (Å²) in [5, 5.41) is 5.21. The molecule has 34 heavy (non-hydrogen) atoms. The van der Waals surface area contributed by atoms with Crippen molar-refractivity contribution in [2.75, 3.05) is 17.2 Å². The van der Waals surface area contributed by atoms with E-state index in [1.165, 1.54) is 12.1 Å². The maximum Gasteiger partial charge on any atom is 0.410 e. The number of para-hydroxylation sites is 1. The minimum Gasteiger partial charge on any atom is -0.443 e. The van der Waals surface area contributed by atoms with E-state index in [2.05, 4.69) is 10.6 Å². The second kappa shape index (κ2) is 9.70. The van der Waals surface area contributed by atoms with E-state index in [4.69, 9.17) is 10.5 Å². The number of carbonyl (C=O) groups excluding carboxylic acids is 3. The maximum atomic E-state index is 13.7. The summed E-state index contributed by atoms with van der Waals surface area (Å²) in [6, 6.07) is 10.9. The largest absolute Gasteiger partial charge is 0.443 e. The van der Waals surface area contributed by atoms with Gasteiger partial charge in [0, 0.05) is 24.7 Å². The number of nitrogens with one attached hydrogen (secondary N) is 2. The molecule has 2 aromatic rings. The lowest BCUT2D eigenvalue weighted by molar-refractivity contribution is -0.124. The number of benzene rings is 2. The standard InChI is InChI=1S/C25H29FN4O4/c1-25(11-8-16(9-12-25)22(27)31)34-24(33)30-13-10-17-14-19(7-6-18(17)15-30)28-23(32)29-21-5-3-2-4-20(21)26/h2-7,14,16H,8-13,15H2,1H3,(H2,27,31)(H2,28,29,32)/t16-,25-. The van der Waals surface area contributed by atoms with Crippen LogP contribution in [0.25, 0.3) is 0 Å². The molecule has 2 aromatic carbocycles. The van der Waals surface area contributed by atoms with Gasteiger partial charge in [-0.2, -0.15) is 0 Å². The molecule has 4 rings (SSSR count). The van der Waals surface area contributed by atoms with Crippen LogP contribution in [-0.4, -0.2) is 35.1 Å². The monoisotopic (exact) mass is 468 g/mol. The summed E-state index contributed by atoms with van der Waals surface area (Å²) in [6.07, 6.45) is 2.73. The molecule has 1 fully saturated rings. The van der Waals surface area contributed by atoms with Crippen molar-refractivity contribution in [3.63, 3.8) is 0 Å². The summed E-state index contributed by atoms with van der Waals surface area (Å²) in [6.45, 7) is 2.82. The number of hydrogen-bond acceptors (Lipinski definition) is 4. The molecule has 4 amide bonds. The van der Waals surface area contributed by atoms with Gasteiger partial charge in [-0.25, -0.2) is 14.0 Å². The molecule has 0 atom stereocenters. The summed E-state index contributed by atoms with van der Waals surface area (Å²) in [7, 11) is 0. The Hall–Kier alpha value is -3.62. The van der Waals surface area contributed by atoms with Crippen molar-refractivity contribution in [3.8, 4) is 0 Å². The number of nitrogens with two attached hydrogens (primary N) is 1. The topological polar surface area (TPSA) is 114 Å². The lowest BCUT2D eigenvalue weighted by Gasteiger charge is -2.38. The van der Waals surface area contributed by atoms with Crippen molar-refractivity contribution in [3.05, 3.63) is 59.4 Å². The highest BCUT2D eigenvalue weighted by atomic mass is 19.1. The lowest BCUT2D eigenvalue weighted by atomic mass is 9.79. The van der Waals surface area contributed by atoms with E-state index in [0.29, 0.717) is 50.9 Å². The van der Waals surface area contributed by atoms with Crippen LogP contribution in [0.1, 0.15) is 43.7 Å². The summed E-state index contributed by atoms with van der Waals surface area (Å²) >= 11 is 0. The average molecular weight is 469 g/mol. The summed E-state index contributed by atoms with van der Waals surface area (Å²) in [5.74, 6) is -0.949. The van der Waals surface area contributed by atoms with Gasteiger partial charge in [0.05, 0.1) is 5.69 Å². The number of rotatable bonds is 4. The summed E-state index contributed by atoms with van der Waals surface area (Å²) in [4.78, 5) is 38.1. The molecule has 0 aromatic heterocycles. The van der Waals surface area contributed by atoms with Crippen LogP contribution in [0, 0.1) is 11.7 Å². The van der Waals surface area contributed by atoms with E-state index < -0.39 is 17.4 Å². The van der Waals surface area contributed by atoms with Gasteiger partial charge >= 0.3 is 12.1 Å². The fourth-order valence-corrected chi connectivity index (χ4v) is 4.52. The number of ether oxygens (including phenoxy) is 1. The maximum absolute atomic E-state index is 13.7. The first kappa shape index (κ1) is 23.5. The first-order valence-electron chi connectivity index (χ1n) is 11.4. The van der Waals surface area contributed by atoms with Crippen molar-refractivity contribution in [2.24, 2.45) is 11.7 Å². The van der Waals surface area contributed by atoms with Crippen LogP contribution < -0.4 is 16.4 Å². The number of nitrogens with zero attached hydrogens (tertiary/aromatic N) is 1. The summed E-state index contributed by atoms with van der Waals surface area (Å²) < 4.78 is 19.6. The molecule has 9 heteroatoms. The Kier molecular flexibility index (Phi) is 6.72. The van der Waals surface area contributed by atoms with E-state index in [1.807, 2.05) is 19.1 Å². The Bertz CT molecular complexity index is 1100. The molecule has 2 aliphatic rings. The van der Waals surface area contributed by atoms with Crippen LogP contribution in [0.3, 0.4) is 0 Å². The van der Waals surface area contributed by atoms with Gasteiger partial charge in [0.25, 0.3) is 0 Å². The number of fused-ring (bicyclic) bond motifs is 1. The lowest BCUT2D eigenvalue weighted by Crippen LogP contribution is -2.44. The van der Waals surface area contributed by atoms with E-state index in [9.17, 15) is 18.8 Å². The molecular weight excluding hydrogens is 439 g/mol. The SMILES string of the molecule is C[C@]1(OC(=O)N2CCc3cc(NC(=O)Nc4ccccc4F)ccc3C2)CC[C@H](C(N)=O)CC1. The van der Waals surface area contributed by atoms with Crippen LogP contribution in [-0.2, 0) is 22.5 Å². The molecule has 8 nitrogen and oxygen atoms in total. The van der Waals surface area contributed by atoms with Gasteiger partial charge in [0.1, 0.15) is 11.4 Å². The van der Waals surface area contributed by atoms with Crippen molar-refractivity contribution in [1.82, 2.24) is 4.90 Å². The molecule has 1 aliphatic heterocycles. The molecular formula is C25H29FN4O4. The van der Waals surface area contributed by atoms with Gasteiger partial charge in [0.2, 0.25) is 5.91 Å². The van der Waals surface area contributed by atoms with Gasteiger partial charge in [-0.1, -0.05) is 18.2 Å². The molecule has 180 valence electrons. The zero-order valence-electron chi connectivity index (χ0n) is 19.1. The highest BCUT2D eigenvalue weighted by Gasteiger charge is 2.37. The van der Waals surface area contributed by atoms with Crippen LogP contribution in [0.4, 0.5) is 25.4 Å². The van der Waals surface area contributed by atoms with E-state index in [0.717, 1.165) is 11.1 Å². The van der Waals surface area contributed by atoms with E-state index in [-0.39, 0.29) is 23.6 Å². The van der Waals surface area contributed by atoms with Gasteiger partial charge in [-0.05, 0) is 74.4 Å². The second-order valence-corrected chi connectivity index (χ2v) is 9.21. The Morgan fingerprint density at radius 3 is 2.53 bits per heavy atom. The minimum absolute atomic E-state index is 0.101. The number of hydrogen-bond donors (Lipinski definition) is 3. The first-order valence-corrected chi connectivity index (χ1v) is 11.4. The average Bonchev–Trinajstić information content (AvgIpc) is 2.80. The predicted octanol–water partition coefficient (Wildman–Crippen LogP) is 4.40. The molecule has 0 spiro atoms. The third-order valence-electron chi connectivity index (χ3n) is 6.64. The number of urea groups is 1. The molecule has 0 radical (unpaired) electrons. The van der Waals surface area contributed by atoms with Crippen LogP contribution in [0.2, 0.25) is 0 Å². The van der Waals surface area contributed by atoms with Crippen LogP contribution in [0.5, 0.6) is 0 Å². The number of carbonyl (C=O) groups is 3.